The Balaban J connectivity index is 1.52. The Bertz CT molecular complexity index is 624. The van der Waals surface area contributed by atoms with Gasteiger partial charge in [0.1, 0.15) is 0 Å². The summed E-state index contributed by atoms with van der Waals surface area (Å²) in [5.41, 5.74) is 0. The van der Waals surface area contributed by atoms with Crippen molar-refractivity contribution in [1.29, 1.82) is 0 Å². The summed E-state index contributed by atoms with van der Waals surface area (Å²) in [6.45, 7) is -2.22. The molecular weight excluding hydrogens is 403 g/mol. The van der Waals surface area contributed by atoms with E-state index in [4.69, 9.17) is 14.3 Å². The highest BCUT2D eigenvalue weighted by molar-refractivity contribution is 8.06. The molecule has 8 nitrogen and oxygen atoms in total. The molecule has 0 spiro atoms. The van der Waals surface area contributed by atoms with Gasteiger partial charge in [-0.05, 0) is 56.2 Å². The topological polar surface area (TPSA) is 116 Å². The van der Waals surface area contributed by atoms with Crippen LogP contribution in [0, 0.1) is 11.8 Å². The maximum Gasteiger partial charge on any atom is 0.321 e. The van der Waals surface area contributed by atoms with E-state index in [-0.39, 0.29) is 36.2 Å². The molecule has 0 aromatic rings. The molecule has 3 N–H and O–H groups in total. The SMILES string of the molecule is O=C(NCCCCCCOP(O)(O)=S)C1CCC(CN2C(=O)C=CC2=O)CC1. The van der Waals surface area contributed by atoms with E-state index in [1.165, 1.54) is 17.1 Å². The first kappa shape index (κ1) is 23.2. The van der Waals surface area contributed by atoms with Gasteiger partial charge in [0.2, 0.25) is 5.91 Å². The number of unbranched alkanes of at least 4 members (excludes halogenated alkanes) is 3. The molecule has 1 fully saturated rings. The standard InChI is InChI=1S/C18H29N2O6PS/c21-16-9-10-17(22)20(16)13-14-5-7-15(8-6-14)18(23)19-11-3-1-2-4-12-26-27(24,25)28/h9-10,14-15H,1-8,11-13H2,(H,19,23)(H2,24,25,28). The van der Waals surface area contributed by atoms with E-state index in [1.807, 2.05) is 0 Å². The summed E-state index contributed by atoms with van der Waals surface area (Å²) in [7, 11) is 0. The minimum absolute atomic E-state index is 0.00556. The molecule has 2 rings (SSSR count). The summed E-state index contributed by atoms with van der Waals surface area (Å²) in [5.74, 6) is -0.124. The van der Waals surface area contributed by atoms with Crippen LogP contribution < -0.4 is 5.32 Å². The lowest BCUT2D eigenvalue weighted by Gasteiger charge is -2.30. The molecule has 0 aromatic heterocycles. The lowest BCUT2D eigenvalue weighted by molar-refractivity contribution is -0.138. The van der Waals surface area contributed by atoms with Crippen LogP contribution in [0.15, 0.2) is 12.2 Å². The molecule has 0 unspecified atom stereocenters. The predicted molar refractivity (Wildman–Crippen MR) is 107 cm³/mol. The molecule has 0 bridgehead atoms. The molecule has 158 valence electrons. The quantitative estimate of drug-likeness (QED) is 0.258. The largest absolute Gasteiger partial charge is 0.356 e. The first-order valence-corrected chi connectivity index (χ1v) is 12.4. The van der Waals surface area contributed by atoms with E-state index in [1.54, 1.807) is 0 Å². The predicted octanol–water partition coefficient (Wildman–Crippen LogP) is 1.62. The van der Waals surface area contributed by atoms with Gasteiger partial charge < -0.3 is 19.6 Å². The van der Waals surface area contributed by atoms with Crippen LogP contribution in [0.4, 0.5) is 0 Å². The number of nitrogens with zero attached hydrogens (tertiary/aromatic N) is 1. The van der Waals surface area contributed by atoms with Gasteiger partial charge in [-0.1, -0.05) is 12.8 Å². The Morgan fingerprint density at radius 1 is 1.11 bits per heavy atom. The molecule has 28 heavy (non-hydrogen) atoms. The second kappa shape index (κ2) is 11.2. The second-order valence-electron chi connectivity index (χ2n) is 7.37. The van der Waals surface area contributed by atoms with Crippen molar-refractivity contribution in [3.8, 4) is 0 Å². The average Bonchev–Trinajstić information content (AvgIpc) is 2.95. The van der Waals surface area contributed by atoms with Crippen molar-refractivity contribution in [2.75, 3.05) is 19.7 Å². The minimum atomic E-state index is -3.54. The first-order chi connectivity index (χ1) is 13.3. The number of nitrogens with one attached hydrogen (secondary N) is 1. The maximum atomic E-state index is 12.3. The number of carbonyl (C=O) groups excluding carboxylic acids is 3. The number of carbonyl (C=O) groups is 3. The van der Waals surface area contributed by atoms with Gasteiger partial charge in [-0.2, -0.15) is 0 Å². The summed E-state index contributed by atoms with van der Waals surface area (Å²) in [5, 5.41) is 2.98. The van der Waals surface area contributed by atoms with Gasteiger partial charge in [0, 0.05) is 31.2 Å². The smallest absolute Gasteiger partial charge is 0.321 e. The van der Waals surface area contributed by atoms with Crippen molar-refractivity contribution < 1.29 is 28.7 Å². The molecule has 1 saturated carbocycles. The number of hydrogen-bond acceptors (Lipinski definition) is 5. The minimum Gasteiger partial charge on any atom is -0.356 e. The van der Waals surface area contributed by atoms with Crippen LogP contribution in [0.1, 0.15) is 51.4 Å². The van der Waals surface area contributed by atoms with Crippen LogP contribution in [0.5, 0.6) is 0 Å². The summed E-state index contributed by atoms with van der Waals surface area (Å²) < 4.78 is 4.74. The van der Waals surface area contributed by atoms with Crippen LogP contribution in [0.3, 0.4) is 0 Å². The highest BCUT2D eigenvalue weighted by Crippen LogP contribution is 2.36. The second-order valence-corrected chi connectivity index (χ2v) is 10.0. The molecule has 0 aromatic carbocycles. The maximum absolute atomic E-state index is 12.3. The van der Waals surface area contributed by atoms with Crippen molar-refractivity contribution in [2.24, 2.45) is 11.8 Å². The Labute approximate surface area is 170 Å². The molecular formula is C18H29N2O6PS. The normalized spacial score (nSPS) is 22.7. The van der Waals surface area contributed by atoms with Crippen molar-refractivity contribution in [1.82, 2.24) is 10.2 Å². The molecule has 10 heteroatoms. The van der Waals surface area contributed by atoms with E-state index in [0.717, 1.165) is 44.9 Å². The number of hydrogen-bond donors (Lipinski definition) is 3. The molecule has 1 aliphatic carbocycles. The lowest BCUT2D eigenvalue weighted by Crippen LogP contribution is -2.38. The molecule has 1 heterocycles. The Hall–Kier alpha value is -1.12. The van der Waals surface area contributed by atoms with Crippen LogP contribution in [0.2, 0.25) is 0 Å². The highest BCUT2D eigenvalue weighted by Gasteiger charge is 2.31. The van der Waals surface area contributed by atoms with Crippen LogP contribution >= 0.6 is 6.72 Å². The molecule has 2 aliphatic rings. The zero-order chi connectivity index (χ0) is 20.6. The summed E-state index contributed by atoms with van der Waals surface area (Å²) in [6, 6.07) is 0. The van der Waals surface area contributed by atoms with Crippen molar-refractivity contribution in [2.45, 2.75) is 51.4 Å². The van der Waals surface area contributed by atoms with Gasteiger partial charge in [-0.3, -0.25) is 19.3 Å². The molecule has 1 aliphatic heterocycles. The first-order valence-electron chi connectivity index (χ1n) is 9.77. The third kappa shape index (κ3) is 8.09. The van der Waals surface area contributed by atoms with Gasteiger partial charge >= 0.3 is 6.72 Å². The Morgan fingerprint density at radius 2 is 1.71 bits per heavy atom. The van der Waals surface area contributed by atoms with Crippen molar-refractivity contribution in [3.05, 3.63) is 12.2 Å². The third-order valence-electron chi connectivity index (χ3n) is 5.19. The van der Waals surface area contributed by atoms with Gasteiger partial charge in [0.05, 0.1) is 6.61 Å². The van der Waals surface area contributed by atoms with Crippen molar-refractivity contribution >= 4 is 36.2 Å². The molecule has 3 amide bonds. The molecule has 0 radical (unpaired) electrons. The lowest BCUT2D eigenvalue weighted by atomic mass is 9.81. The van der Waals surface area contributed by atoms with E-state index >= 15 is 0 Å². The van der Waals surface area contributed by atoms with Gasteiger partial charge in [0.25, 0.3) is 11.8 Å². The fourth-order valence-corrected chi connectivity index (χ4v) is 4.19. The zero-order valence-corrected chi connectivity index (χ0v) is 17.6. The number of amides is 3. The summed E-state index contributed by atoms with van der Waals surface area (Å²) in [6.07, 6.45) is 9.23. The number of rotatable bonds is 11. The Morgan fingerprint density at radius 3 is 2.32 bits per heavy atom. The van der Waals surface area contributed by atoms with Gasteiger partial charge in [0.15, 0.2) is 0 Å². The van der Waals surface area contributed by atoms with Gasteiger partial charge in [-0.15, -0.1) is 0 Å². The fraction of sp³-hybridized carbons (Fsp3) is 0.722. The van der Waals surface area contributed by atoms with Gasteiger partial charge in [-0.25, -0.2) is 0 Å². The number of imide groups is 1. The molecule has 0 atom stereocenters. The highest BCUT2D eigenvalue weighted by atomic mass is 32.5. The average molecular weight is 432 g/mol. The van der Waals surface area contributed by atoms with Crippen molar-refractivity contribution in [3.63, 3.8) is 0 Å². The van der Waals surface area contributed by atoms with E-state index in [9.17, 15) is 14.4 Å². The van der Waals surface area contributed by atoms with Crippen LogP contribution in [0.25, 0.3) is 0 Å². The summed E-state index contributed by atoms with van der Waals surface area (Å²) >= 11 is 4.37. The van der Waals surface area contributed by atoms with Crippen LogP contribution in [-0.4, -0.2) is 52.1 Å². The van der Waals surface area contributed by atoms with E-state index in [2.05, 4.69) is 17.1 Å². The van der Waals surface area contributed by atoms with E-state index in [0.29, 0.717) is 19.5 Å². The molecule has 0 saturated heterocycles. The van der Waals surface area contributed by atoms with Crippen LogP contribution in [-0.2, 0) is 30.7 Å². The summed E-state index contributed by atoms with van der Waals surface area (Å²) in [4.78, 5) is 54.7. The monoisotopic (exact) mass is 432 g/mol. The van der Waals surface area contributed by atoms with E-state index < -0.39 is 6.72 Å². The third-order valence-corrected chi connectivity index (χ3v) is 6.02. The zero-order valence-electron chi connectivity index (χ0n) is 15.9. The fourth-order valence-electron chi connectivity index (χ4n) is 3.60. The Kier molecular flexibility index (Phi) is 9.24.